The average molecular weight is 312 g/mol. The summed E-state index contributed by atoms with van der Waals surface area (Å²) in [5.41, 5.74) is 1.27. The fourth-order valence-electron chi connectivity index (χ4n) is 2.66. The molecular weight excluding hydrogens is 292 g/mol. The largest absolute Gasteiger partial charge is 0.549 e. The number of hydrogen-bond acceptors (Lipinski definition) is 4. The molecule has 0 unspecified atom stereocenters. The molecule has 1 saturated heterocycles. The molecule has 2 N–H and O–H groups in total. The number of benzene rings is 1. The van der Waals surface area contributed by atoms with Crippen molar-refractivity contribution in [1.82, 2.24) is 4.72 Å². The molecule has 0 saturated carbocycles. The van der Waals surface area contributed by atoms with Crippen molar-refractivity contribution >= 4 is 16.0 Å². The van der Waals surface area contributed by atoms with E-state index < -0.39 is 21.7 Å². The van der Waals surface area contributed by atoms with Crippen molar-refractivity contribution in [2.45, 2.75) is 25.4 Å². The zero-order chi connectivity index (χ0) is 15.3. The van der Waals surface area contributed by atoms with E-state index in [2.05, 4.69) is 16.9 Å². The molecule has 0 amide bonds. The van der Waals surface area contributed by atoms with Gasteiger partial charge in [0.2, 0.25) is 10.0 Å². The second-order valence-corrected chi connectivity index (χ2v) is 7.19. The van der Waals surface area contributed by atoms with Crippen LogP contribution in [0.4, 0.5) is 0 Å². The van der Waals surface area contributed by atoms with E-state index in [1.54, 1.807) is 0 Å². The summed E-state index contributed by atoms with van der Waals surface area (Å²) in [6, 6.07) is 10.00. The monoisotopic (exact) mass is 312 g/mol. The number of carbonyl (C=O) groups is 1. The van der Waals surface area contributed by atoms with Crippen LogP contribution in [0.5, 0.6) is 0 Å². The average Bonchev–Trinajstić information content (AvgIpc) is 2.40. The first-order valence-electron chi connectivity index (χ1n) is 7.02. The van der Waals surface area contributed by atoms with E-state index >= 15 is 0 Å². The van der Waals surface area contributed by atoms with E-state index in [4.69, 9.17) is 0 Å². The molecule has 0 aromatic heterocycles. The molecule has 0 radical (unpaired) electrons. The Bertz CT molecular complexity index is 566. The lowest BCUT2D eigenvalue weighted by Gasteiger charge is -2.29. The van der Waals surface area contributed by atoms with Gasteiger partial charge in [0.1, 0.15) is 12.3 Å². The number of likely N-dealkylation sites (tertiary alicyclic amines) is 1. The summed E-state index contributed by atoms with van der Waals surface area (Å²) in [6.45, 7) is 2.67. The smallest absolute Gasteiger partial charge is 0.217 e. The maximum absolute atomic E-state index is 11.5. The number of sulfonamides is 1. The molecule has 1 aromatic carbocycles. The van der Waals surface area contributed by atoms with Crippen LogP contribution in [0.2, 0.25) is 0 Å². The van der Waals surface area contributed by atoms with Gasteiger partial charge in [-0.25, -0.2) is 13.1 Å². The highest BCUT2D eigenvalue weighted by molar-refractivity contribution is 7.90. The quantitative estimate of drug-likeness (QED) is 0.630. The minimum Gasteiger partial charge on any atom is -0.549 e. The van der Waals surface area contributed by atoms with Crippen LogP contribution in [0.25, 0.3) is 0 Å². The third-order valence-electron chi connectivity index (χ3n) is 3.64. The highest BCUT2D eigenvalue weighted by atomic mass is 32.2. The van der Waals surface area contributed by atoms with E-state index in [0.29, 0.717) is 12.8 Å². The summed E-state index contributed by atoms with van der Waals surface area (Å²) < 4.78 is 25.5. The molecule has 0 atom stereocenters. The Balaban J connectivity index is 1.79. The van der Waals surface area contributed by atoms with Gasteiger partial charge in [0.25, 0.3) is 0 Å². The van der Waals surface area contributed by atoms with Crippen LogP contribution < -0.4 is 14.7 Å². The van der Waals surface area contributed by atoms with Crippen molar-refractivity contribution in [2.75, 3.05) is 18.8 Å². The number of rotatable bonds is 6. The highest BCUT2D eigenvalue weighted by Gasteiger charge is 2.25. The van der Waals surface area contributed by atoms with Crippen molar-refractivity contribution in [3.63, 3.8) is 0 Å². The fourth-order valence-corrected chi connectivity index (χ4v) is 3.79. The molecule has 116 valence electrons. The van der Waals surface area contributed by atoms with Gasteiger partial charge < -0.3 is 14.8 Å². The Morgan fingerprint density at radius 2 is 1.86 bits per heavy atom. The topological polar surface area (TPSA) is 90.7 Å². The molecule has 1 aromatic rings. The number of carboxylic acids is 1. The van der Waals surface area contributed by atoms with Gasteiger partial charge >= 0.3 is 0 Å². The molecule has 1 aliphatic rings. The predicted molar refractivity (Wildman–Crippen MR) is 75.8 cm³/mol. The summed E-state index contributed by atoms with van der Waals surface area (Å²) in [7, 11) is -3.78. The van der Waals surface area contributed by atoms with Crippen LogP contribution in [0.3, 0.4) is 0 Å². The van der Waals surface area contributed by atoms with E-state index in [1.165, 1.54) is 10.5 Å². The molecule has 6 nitrogen and oxygen atoms in total. The summed E-state index contributed by atoms with van der Waals surface area (Å²) in [5.74, 6) is -2.54. The van der Waals surface area contributed by atoms with E-state index in [0.717, 1.165) is 19.6 Å². The van der Waals surface area contributed by atoms with Gasteiger partial charge in [-0.1, -0.05) is 30.3 Å². The zero-order valence-electron chi connectivity index (χ0n) is 11.7. The highest BCUT2D eigenvalue weighted by Crippen LogP contribution is 2.03. The van der Waals surface area contributed by atoms with E-state index in [9.17, 15) is 18.3 Å². The van der Waals surface area contributed by atoms with Crippen LogP contribution in [0.1, 0.15) is 18.4 Å². The molecular formula is C14H20N2O4S. The first kappa shape index (κ1) is 15.9. The standard InChI is InChI=1S/C14H20N2O4S/c17-14(18)11-21(19,20)15-13-6-8-16(9-7-13)10-12-4-2-1-3-5-12/h1-5,13,15H,6-11H2,(H,17,18). The Kier molecular flexibility index (Phi) is 5.33. The van der Waals surface area contributed by atoms with E-state index in [-0.39, 0.29) is 6.04 Å². The van der Waals surface area contributed by atoms with Crippen LogP contribution in [-0.2, 0) is 21.4 Å². The first-order valence-corrected chi connectivity index (χ1v) is 8.67. The SMILES string of the molecule is O=C([O-])CS(=O)(=O)NC1CC[NH+](Cc2ccccc2)CC1. The van der Waals surface area contributed by atoms with Gasteiger partial charge in [-0.2, -0.15) is 0 Å². The summed E-state index contributed by atoms with van der Waals surface area (Å²) in [4.78, 5) is 11.8. The van der Waals surface area contributed by atoms with E-state index in [1.807, 2.05) is 18.2 Å². The molecule has 7 heteroatoms. The minimum absolute atomic E-state index is 0.172. The molecule has 0 spiro atoms. The van der Waals surface area contributed by atoms with Crippen LogP contribution in [0, 0.1) is 0 Å². The van der Waals surface area contributed by atoms with Crippen molar-refractivity contribution in [1.29, 1.82) is 0 Å². The Labute approximate surface area is 124 Å². The van der Waals surface area contributed by atoms with Crippen LogP contribution >= 0.6 is 0 Å². The normalized spacial score (nSPS) is 22.9. The Morgan fingerprint density at radius 3 is 2.43 bits per heavy atom. The fraction of sp³-hybridized carbons (Fsp3) is 0.500. The van der Waals surface area contributed by atoms with Gasteiger partial charge in [-0.15, -0.1) is 0 Å². The lowest BCUT2D eigenvalue weighted by atomic mass is 10.1. The molecule has 1 fully saturated rings. The Morgan fingerprint density at radius 1 is 1.24 bits per heavy atom. The van der Waals surface area contributed by atoms with Crippen molar-refractivity contribution in [3.05, 3.63) is 35.9 Å². The Hall–Kier alpha value is -1.44. The molecule has 21 heavy (non-hydrogen) atoms. The van der Waals surface area contributed by atoms with Crippen LogP contribution in [0.15, 0.2) is 30.3 Å². The summed E-state index contributed by atoms with van der Waals surface area (Å²) >= 11 is 0. The molecule has 0 bridgehead atoms. The maximum Gasteiger partial charge on any atom is 0.217 e. The van der Waals surface area contributed by atoms with Gasteiger partial charge in [0.05, 0.1) is 19.1 Å². The number of carboxylic acid groups (broad SMARTS) is 1. The third kappa shape index (κ3) is 5.45. The first-order chi connectivity index (χ1) is 9.94. The minimum atomic E-state index is -3.78. The second-order valence-electron chi connectivity index (χ2n) is 5.44. The van der Waals surface area contributed by atoms with Gasteiger partial charge in [0.15, 0.2) is 0 Å². The van der Waals surface area contributed by atoms with Crippen molar-refractivity contribution in [3.8, 4) is 0 Å². The maximum atomic E-state index is 11.5. The van der Waals surface area contributed by atoms with Crippen molar-refractivity contribution in [2.24, 2.45) is 0 Å². The molecule has 1 aliphatic heterocycles. The third-order valence-corrected chi connectivity index (χ3v) is 4.95. The number of nitrogens with one attached hydrogen (secondary N) is 2. The lowest BCUT2D eigenvalue weighted by molar-refractivity contribution is -0.918. The number of carbonyl (C=O) groups excluding carboxylic acids is 1. The number of aliphatic carboxylic acids is 1. The molecule has 0 aliphatic carbocycles. The van der Waals surface area contributed by atoms with Gasteiger partial charge in [0, 0.05) is 24.4 Å². The van der Waals surface area contributed by atoms with Gasteiger partial charge in [-0.3, -0.25) is 0 Å². The molecule has 2 rings (SSSR count). The number of piperidine rings is 1. The number of quaternary nitrogens is 1. The number of hydrogen-bond donors (Lipinski definition) is 2. The molecule has 1 heterocycles. The summed E-state index contributed by atoms with van der Waals surface area (Å²) in [6.07, 6.45) is 1.43. The van der Waals surface area contributed by atoms with Crippen LogP contribution in [-0.4, -0.2) is 39.3 Å². The lowest BCUT2D eigenvalue weighted by Crippen LogP contribution is -3.12. The van der Waals surface area contributed by atoms with Gasteiger partial charge in [-0.05, 0) is 0 Å². The predicted octanol–water partition coefficient (Wildman–Crippen LogP) is -2.10. The second kappa shape index (κ2) is 7.02. The van der Waals surface area contributed by atoms with Crippen molar-refractivity contribution < 1.29 is 23.2 Å². The summed E-state index contributed by atoms with van der Waals surface area (Å²) in [5, 5.41) is 10.4. The zero-order valence-corrected chi connectivity index (χ0v) is 12.6.